The summed E-state index contributed by atoms with van der Waals surface area (Å²) in [4.78, 5) is 22.8. The van der Waals surface area contributed by atoms with Gasteiger partial charge in [0.2, 0.25) is 15.9 Å². The number of benzene rings is 1. The first-order valence-corrected chi connectivity index (χ1v) is 8.40. The maximum Gasteiger partial charge on any atom is 0.307 e. The fourth-order valence-electron chi connectivity index (χ4n) is 2.23. The molecular weight excluding hydrogens is 351 g/mol. The van der Waals surface area contributed by atoms with Crippen molar-refractivity contribution < 1.29 is 27.1 Å². The van der Waals surface area contributed by atoms with E-state index in [-0.39, 0.29) is 18.1 Å². The van der Waals surface area contributed by atoms with E-state index >= 15 is 0 Å². The SMILES string of the molecule is COC(=O)C[C@@H]1C(=O)NCCN1S(=O)(=O)c1ccc(Cl)cc1F. The fourth-order valence-corrected chi connectivity index (χ4v) is 4.02. The molecule has 1 amide bonds. The quantitative estimate of drug-likeness (QED) is 0.787. The number of nitrogens with one attached hydrogen (secondary N) is 1. The standard InChI is InChI=1S/C13H14ClFN2O5S/c1-22-12(18)7-10-13(19)16-4-5-17(10)23(20,21)11-3-2-8(14)6-9(11)15/h2-3,6,10H,4-5,7H2,1H3,(H,16,19)/t10-/m1/s1. The number of amides is 1. The molecule has 2 rings (SSSR count). The predicted octanol–water partition coefficient (Wildman–Crippen LogP) is 0.531. The van der Waals surface area contributed by atoms with Crippen molar-refractivity contribution in [3.63, 3.8) is 0 Å². The molecule has 1 atom stereocenters. The normalized spacial score (nSPS) is 19.3. The Morgan fingerprint density at radius 1 is 1.52 bits per heavy atom. The number of carbonyl (C=O) groups is 2. The molecule has 0 aliphatic carbocycles. The molecule has 1 N–H and O–H groups in total. The average molecular weight is 365 g/mol. The maximum atomic E-state index is 14.0. The van der Waals surface area contributed by atoms with Gasteiger partial charge in [-0.05, 0) is 18.2 Å². The third kappa shape index (κ3) is 3.62. The van der Waals surface area contributed by atoms with E-state index in [1.54, 1.807) is 0 Å². The Hall–Kier alpha value is -1.71. The Bertz CT molecular complexity index is 740. The first-order chi connectivity index (χ1) is 10.8. The van der Waals surface area contributed by atoms with Gasteiger partial charge in [-0.1, -0.05) is 11.6 Å². The van der Waals surface area contributed by atoms with Crippen molar-refractivity contribution in [2.24, 2.45) is 0 Å². The van der Waals surface area contributed by atoms with E-state index in [2.05, 4.69) is 10.1 Å². The Morgan fingerprint density at radius 2 is 2.22 bits per heavy atom. The minimum absolute atomic E-state index is 0.0453. The molecule has 0 spiro atoms. The van der Waals surface area contributed by atoms with E-state index in [0.717, 1.165) is 23.5 Å². The molecule has 126 valence electrons. The van der Waals surface area contributed by atoms with Crippen LogP contribution in [-0.2, 0) is 24.3 Å². The minimum Gasteiger partial charge on any atom is -0.469 e. The van der Waals surface area contributed by atoms with Gasteiger partial charge in [-0.15, -0.1) is 0 Å². The zero-order chi connectivity index (χ0) is 17.2. The average Bonchev–Trinajstić information content (AvgIpc) is 2.48. The highest BCUT2D eigenvalue weighted by molar-refractivity contribution is 7.89. The predicted molar refractivity (Wildman–Crippen MR) is 78.7 cm³/mol. The molecule has 23 heavy (non-hydrogen) atoms. The molecule has 7 nitrogen and oxygen atoms in total. The topological polar surface area (TPSA) is 92.8 Å². The number of carbonyl (C=O) groups excluding carboxylic acids is 2. The molecule has 10 heteroatoms. The van der Waals surface area contributed by atoms with E-state index in [1.165, 1.54) is 6.07 Å². The van der Waals surface area contributed by atoms with Crippen molar-refractivity contribution >= 4 is 33.5 Å². The van der Waals surface area contributed by atoms with Crippen LogP contribution in [0.5, 0.6) is 0 Å². The lowest BCUT2D eigenvalue weighted by molar-refractivity contribution is -0.144. The smallest absolute Gasteiger partial charge is 0.307 e. The lowest BCUT2D eigenvalue weighted by atomic mass is 10.1. The third-order valence-electron chi connectivity index (χ3n) is 3.35. The van der Waals surface area contributed by atoms with Crippen LogP contribution in [0.25, 0.3) is 0 Å². The molecule has 1 heterocycles. The summed E-state index contributed by atoms with van der Waals surface area (Å²) in [5.41, 5.74) is 0. The van der Waals surface area contributed by atoms with Gasteiger partial charge in [0.05, 0.1) is 13.5 Å². The van der Waals surface area contributed by atoms with Gasteiger partial charge in [-0.25, -0.2) is 12.8 Å². The van der Waals surface area contributed by atoms with Crippen LogP contribution in [0.1, 0.15) is 6.42 Å². The molecule has 1 saturated heterocycles. The molecule has 1 aliphatic heterocycles. The van der Waals surface area contributed by atoms with E-state index < -0.39 is 45.1 Å². The van der Waals surface area contributed by atoms with E-state index in [1.807, 2.05) is 0 Å². The van der Waals surface area contributed by atoms with Crippen LogP contribution in [0.2, 0.25) is 5.02 Å². The number of nitrogens with zero attached hydrogens (tertiary/aromatic N) is 1. The van der Waals surface area contributed by atoms with E-state index in [9.17, 15) is 22.4 Å². The fraction of sp³-hybridized carbons (Fsp3) is 0.385. The molecule has 0 radical (unpaired) electrons. The molecule has 1 aromatic rings. The van der Waals surface area contributed by atoms with Crippen LogP contribution in [-0.4, -0.2) is 50.8 Å². The number of esters is 1. The summed E-state index contributed by atoms with van der Waals surface area (Å²) in [7, 11) is -3.19. The number of piperazine rings is 1. The first-order valence-electron chi connectivity index (χ1n) is 6.59. The number of hydrogen-bond donors (Lipinski definition) is 1. The Balaban J connectivity index is 2.42. The summed E-state index contributed by atoms with van der Waals surface area (Å²) in [6.07, 6.45) is -0.462. The summed E-state index contributed by atoms with van der Waals surface area (Å²) in [5.74, 6) is -2.41. The van der Waals surface area contributed by atoms with Crippen LogP contribution in [0, 0.1) is 5.82 Å². The summed E-state index contributed by atoms with van der Waals surface area (Å²) in [5, 5.41) is 2.52. The van der Waals surface area contributed by atoms with E-state index in [4.69, 9.17) is 11.6 Å². The van der Waals surface area contributed by atoms with Crippen molar-refractivity contribution in [1.29, 1.82) is 0 Å². The second kappa shape index (κ2) is 6.81. The zero-order valence-corrected chi connectivity index (χ0v) is 13.7. The maximum absolute atomic E-state index is 14.0. The summed E-state index contributed by atoms with van der Waals surface area (Å²) in [6.45, 7) is -0.0251. The van der Waals surface area contributed by atoms with Crippen molar-refractivity contribution in [1.82, 2.24) is 9.62 Å². The molecule has 1 aliphatic rings. The number of ether oxygens (including phenoxy) is 1. The third-order valence-corrected chi connectivity index (χ3v) is 5.53. The number of halogens is 2. The molecule has 0 saturated carbocycles. The molecular formula is C13H14ClFN2O5S. The molecule has 1 fully saturated rings. The van der Waals surface area contributed by atoms with Gasteiger partial charge >= 0.3 is 5.97 Å². The van der Waals surface area contributed by atoms with Crippen molar-refractivity contribution in [3.8, 4) is 0 Å². The highest BCUT2D eigenvalue weighted by Gasteiger charge is 2.40. The Kier molecular flexibility index (Phi) is 5.23. The minimum atomic E-state index is -4.31. The Labute approximate surface area is 137 Å². The Morgan fingerprint density at radius 3 is 2.83 bits per heavy atom. The molecule has 0 bridgehead atoms. The second-order valence-corrected chi connectivity index (χ2v) is 7.07. The number of methoxy groups -OCH3 is 1. The van der Waals surface area contributed by atoms with Crippen LogP contribution in [0.4, 0.5) is 4.39 Å². The van der Waals surface area contributed by atoms with Gasteiger partial charge in [0.25, 0.3) is 0 Å². The number of rotatable bonds is 4. The van der Waals surface area contributed by atoms with Crippen molar-refractivity contribution in [2.45, 2.75) is 17.4 Å². The summed E-state index contributed by atoms with van der Waals surface area (Å²) in [6, 6.07) is 1.83. The molecule has 0 unspecified atom stereocenters. The largest absolute Gasteiger partial charge is 0.469 e. The number of hydrogen-bond acceptors (Lipinski definition) is 5. The first kappa shape index (κ1) is 17.6. The van der Waals surface area contributed by atoms with Gasteiger partial charge in [0.1, 0.15) is 16.8 Å². The number of sulfonamides is 1. The van der Waals surface area contributed by atoms with Crippen LogP contribution in [0.15, 0.2) is 23.1 Å². The van der Waals surface area contributed by atoms with Crippen LogP contribution in [0.3, 0.4) is 0 Å². The van der Waals surface area contributed by atoms with Gasteiger partial charge < -0.3 is 10.1 Å². The van der Waals surface area contributed by atoms with Gasteiger partial charge in [-0.3, -0.25) is 9.59 Å². The molecule has 0 aromatic heterocycles. The van der Waals surface area contributed by atoms with Crippen LogP contribution < -0.4 is 5.32 Å². The highest BCUT2D eigenvalue weighted by Crippen LogP contribution is 2.25. The second-order valence-electron chi connectivity index (χ2n) is 4.78. The summed E-state index contributed by atoms with van der Waals surface area (Å²) < 4.78 is 44.6. The van der Waals surface area contributed by atoms with Crippen LogP contribution >= 0.6 is 11.6 Å². The highest BCUT2D eigenvalue weighted by atomic mass is 35.5. The lowest BCUT2D eigenvalue weighted by Crippen LogP contribution is -2.57. The van der Waals surface area contributed by atoms with Gasteiger partial charge in [-0.2, -0.15) is 4.31 Å². The summed E-state index contributed by atoms with van der Waals surface area (Å²) >= 11 is 5.62. The van der Waals surface area contributed by atoms with Gasteiger partial charge in [0, 0.05) is 18.1 Å². The van der Waals surface area contributed by atoms with Crippen molar-refractivity contribution in [2.75, 3.05) is 20.2 Å². The zero-order valence-electron chi connectivity index (χ0n) is 12.1. The van der Waals surface area contributed by atoms with Gasteiger partial charge in [0.15, 0.2) is 0 Å². The monoisotopic (exact) mass is 364 g/mol. The lowest BCUT2D eigenvalue weighted by Gasteiger charge is -2.33. The molecule has 1 aromatic carbocycles. The van der Waals surface area contributed by atoms with E-state index in [0.29, 0.717) is 0 Å². The van der Waals surface area contributed by atoms with Crippen molar-refractivity contribution in [3.05, 3.63) is 29.0 Å².